The van der Waals surface area contributed by atoms with Crippen molar-refractivity contribution in [3.05, 3.63) is 28.8 Å². The minimum Gasteiger partial charge on any atom is -0.325 e. The first-order valence-corrected chi connectivity index (χ1v) is 3.72. The quantitative estimate of drug-likeness (QED) is 0.628. The molecule has 2 nitrogen and oxygen atoms in total. The molecule has 0 fully saturated rings. The van der Waals surface area contributed by atoms with Crippen LogP contribution in [0.15, 0.2) is 18.2 Å². The van der Waals surface area contributed by atoms with Crippen molar-refractivity contribution in [1.29, 1.82) is 0 Å². The zero-order valence-electron chi connectivity index (χ0n) is 5.73. The molecule has 1 aromatic rings. The fourth-order valence-electron chi connectivity index (χ4n) is 1.21. The topological polar surface area (TPSA) is 29.1 Å². The summed E-state index contributed by atoms with van der Waals surface area (Å²) >= 11 is 5.84. The van der Waals surface area contributed by atoms with E-state index in [1.165, 1.54) is 0 Å². The lowest BCUT2D eigenvalue weighted by Gasteiger charge is -1.97. The van der Waals surface area contributed by atoms with Crippen LogP contribution < -0.4 is 5.32 Å². The standard InChI is InChI=1S/C8H6ClNO/c9-6-2-1-3-7-5(6)4-8(11)10-7/h1-3H,4H2,(H,10,11). The highest BCUT2D eigenvalue weighted by Gasteiger charge is 2.18. The number of hydrogen-bond acceptors (Lipinski definition) is 1. The Balaban J connectivity index is 2.57. The van der Waals surface area contributed by atoms with Crippen LogP contribution >= 0.6 is 11.6 Å². The van der Waals surface area contributed by atoms with E-state index in [0.717, 1.165) is 11.3 Å². The van der Waals surface area contributed by atoms with Gasteiger partial charge in [0.05, 0.1) is 6.42 Å². The van der Waals surface area contributed by atoms with Gasteiger partial charge >= 0.3 is 0 Å². The molecule has 11 heavy (non-hydrogen) atoms. The van der Waals surface area contributed by atoms with Crippen molar-refractivity contribution in [2.45, 2.75) is 6.42 Å². The third kappa shape index (κ3) is 0.994. The van der Waals surface area contributed by atoms with Crippen molar-refractivity contribution < 1.29 is 4.79 Å². The van der Waals surface area contributed by atoms with Crippen molar-refractivity contribution in [2.24, 2.45) is 0 Å². The van der Waals surface area contributed by atoms with Crippen LogP contribution in [0.5, 0.6) is 0 Å². The normalized spacial score (nSPS) is 14.5. The van der Waals surface area contributed by atoms with Gasteiger partial charge in [-0.05, 0) is 12.1 Å². The molecular weight excluding hydrogens is 162 g/mol. The number of anilines is 1. The number of carbonyl (C=O) groups excluding carboxylic acids is 1. The van der Waals surface area contributed by atoms with Crippen molar-refractivity contribution in [1.82, 2.24) is 0 Å². The fourth-order valence-corrected chi connectivity index (χ4v) is 1.45. The number of benzene rings is 1. The highest BCUT2D eigenvalue weighted by molar-refractivity contribution is 6.32. The Kier molecular flexibility index (Phi) is 1.36. The lowest BCUT2D eigenvalue weighted by Crippen LogP contribution is -2.03. The lowest BCUT2D eigenvalue weighted by molar-refractivity contribution is -0.115. The molecule has 1 amide bonds. The largest absolute Gasteiger partial charge is 0.325 e. The third-order valence-electron chi connectivity index (χ3n) is 1.73. The van der Waals surface area contributed by atoms with Gasteiger partial charge in [-0.25, -0.2) is 0 Å². The molecule has 2 rings (SSSR count). The summed E-state index contributed by atoms with van der Waals surface area (Å²) < 4.78 is 0. The van der Waals surface area contributed by atoms with Crippen molar-refractivity contribution in [3.63, 3.8) is 0 Å². The van der Waals surface area contributed by atoms with Crippen molar-refractivity contribution in [2.75, 3.05) is 5.32 Å². The van der Waals surface area contributed by atoms with Gasteiger partial charge in [0.15, 0.2) is 0 Å². The van der Waals surface area contributed by atoms with Gasteiger partial charge in [0.25, 0.3) is 0 Å². The Bertz CT molecular complexity index is 322. The summed E-state index contributed by atoms with van der Waals surface area (Å²) in [5.74, 6) is 0.0214. The third-order valence-corrected chi connectivity index (χ3v) is 2.08. The predicted molar refractivity (Wildman–Crippen MR) is 43.8 cm³/mol. The summed E-state index contributed by atoms with van der Waals surface area (Å²) in [6.07, 6.45) is 0.412. The second kappa shape index (κ2) is 2.24. The summed E-state index contributed by atoms with van der Waals surface area (Å²) in [5.41, 5.74) is 1.77. The van der Waals surface area contributed by atoms with E-state index in [0.29, 0.717) is 11.4 Å². The molecule has 56 valence electrons. The van der Waals surface area contributed by atoms with E-state index in [1.54, 1.807) is 6.07 Å². The van der Waals surface area contributed by atoms with Crippen molar-refractivity contribution >= 4 is 23.2 Å². The molecule has 3 heteroatoms. The monoisotopic (exact) mass is 167 g/mol. The second-order valence-corrected chi connectivity index (χ2v) is 2.90. The summed E-state index contributed by atoms with van der Waals surface area (Å²) in [6.45, 7) is 0. The lowest BCUT2D eigenvalue weighted by atomic mass is 10.2. The van der Waals surface area contributed by atoms with E-state index in [4.69, 9.17) is 11.6 Å². The Labute approximate surface area is 69.2 Å². The van der Waals surface area contributed by atoms with E-state index in [1.807, 2.05) is 12.1 Å². The molecule has 0 radical (unpaired) electrons. The van der Waals surface area contributed by atoms with Crippen LogP contribution in [0.3, 0.4) is 0 Å². The van der Waals surface area contributed by atoms with Gasteiger partial charge in [0.2, 0.25) is 5.91 Å². The molecule has 0 aromatic heterocycles. The Morgan fingerprint density at radius 2 is 2.27 bits per heavy atom. The van der Waals surface area contributed by atoms with Crippen LogP contribution in [-0.2, 0) is 11.2 Å². The van der Waals surface area contributed by atoms with Crippen LogP contribution in [0.1, 0.15) is 5.56 Å². The van der Waals surface area contributed by atoms with Crippen LogP contribution in [0.25, 0.3) is 0 Å². The number of halogens is 1. The molecule has 0 aliphatic carbocycles. The first-order valence-electron chi connectivity index (χ1n) is 3.34. The van der Waals surface area contributed by atoms with Crippen LogP contribution in [0.2, 0.25) is 5.02 Å². The van der Waals surface area contributed by atoms with Gasteiger partial charge in [-0.2, -0.15) is 0 Å². The SMILES string of the molecule is O=C1Cc2c(Cl)cccc2N1. The Morgan fingerprint density at radius 1 is 1.45 bits per heavy atom. The molecule has 0 saturated carbocycles. The van der Waals surface area contributed by atoms with Gasteiger partial charge in [-0.1, -0.05) is 17.7 Å². The minimum absolute atomic E-state index is 0.0214. The average Bonchev–Trinajstić information content (AvgIpc) is 2.31. The molecule has 1 aliphatic heterocycles. The van der Waals surface area contributed by atoms with Gasteiger partial charge in [-0.3, -0.25) is 4.79 Å². The summed E-state index contributed by atoms with van der Waals surface area (Å²) in [4.78, 5) is 10.9. The van der Waals surface area contributed by atoms with Crippen LogP contribution in [0, 0.1) is 0 Å². The zero-order valence-corrected chi connectivity index (χ0v) is 6.48. The van der Waals surface area contributed by atoms with E-state index >= 15 is 0 Å². The fraction of sp³-hybridized carbons (Fsp3) is 0.125. The van der Waals surface area contributed by atoms with Crippen LogP contribution in [0.4, 0.5) is 5.69 Å². The van der Waals surface area contributed by atoms with E-state index in [-0.39, 0.29) is 5.91 Å². The summed E-state index contributed by atoms with van der Waals surface area (Å²) in [5, 5.41) is 3.38. The van der Waals surface area contributed by atoms with E-state index < -0.39 is 0 Å². The molecule has 1 aliphatic rings. The average molecular weight is 168 g/mol. The first kappa shape index (κ1) is 6.68. The Hall–Kier alpha value is -1.02. The maximum absolute atomic E-state index is 10.9. The molecule has 1 heterocycles. The summed E-state index contributed by atoms with van der Waals surface area (Å²) in [6, 6.07) is 5.47. The van der Waals surface area contributed by atoms with Crippen LogP contribution in [-0.4, -0.2) is 5.91 Å². The highest BCUT2D eigenvalue weighted by atomic mass is 35.5. The molecule has 1 aromatic carbocycles. The molecule has 1 N–H and O–H groups in total. The first-order chi connectivity index (χ1) is 5.27. The minimum atomic E-state index is 0.0214. The number of hydrogen-bond donors (Lipinski definition) is 1. The van der Waals surface area contributed by atoms with E-state index in [2.05, 4.69) is 5.32 Å². The van der Waals surface area contributed by atoms with Gasteiger partial charge < -0.3 is 5.32 Å². The predicted octanol–water partition coefficient (Wildman–Crippen LogP) is 1.83. The number of amides is 1. The molecular formula is C8H6ClNO. The van der Waals surface area contributed by atoms with Crippen molar-refractivity contribution in [3.8, 4) is 0 Å². The van der Waals surface area contributed by atoms with Gasteiger partial charge in [-0.15, -0.1) is 0 Å². The highest BCUT2D eigenvalue weighted by Crippen LogP contribution is 2.28. The Morgan fingerprint density at radius 3 is 3.00 bits per heavy atom. The zero-order chi connectivity index (χ0) is 7.84. The maximum Gasteiger partial charge on any atom is 0.228 e. The molecule has 0 bridgehead atoms. The van der Waals surface area contributed by atoms with Gasteiger partial charge in [0.1, 0.15) is 0 Å². The number of carbonyl (C=O) groups is 1. The number of fused-ring (bicyclic) bond motifs is 1. The molecule has 0 saturated heterocycles. The second-order valence-electron chi connectivity index (χ2n) is 2.49. The van der Waals surface area contributed by atoms with Gasteiger partial charge in [0, 0.05) is 16.3 Å². The number of nitrogens with one attached hydrogen (secondary N) is 1. The molecule has 0 unspecified atom stereocenters. The van der Waals surface area contributed by atoms with E-state index in [9.17, 15) is 4.79 Å². The smallest absolute Gasteiger partial charge is 0.228 e. The number of rotatable bonds is 0. The summed E-state index contributed by atoms with van der Waals surface area (Å²) in [7, 11) is 0. The molecule has 0 atom stereocenters. The maximum atomic E-state index is 10.9. The molecule has 0 spiro atoms.